The summed E-state index contributed by atoms with van der Waals surface area (Å²) in [6.07, 6.45) is 6.89. The Kier molecular flexibility index (Phi) is 5.86. The molecule has 118 valence electrons. The van der Waals surface area contributed by atoms with E-state index in [0.717, 1.165) is 18.1 Å². The number of nitrogens with one attached hydrogen (secondary N) is 2. The molecule has 1 heterocycles. The second kappa shape index (κ2) is 7.65. The van der Waals surface area contributed by atoms with Gasteiger partial charge in [0.2, 0.25) is 11.9 Å². The van der Waals surface area contributed by atoms with Gasteiger partial charge in [-0.15, -0.1) is 0 Å². The first-order valence-electron chi connectivity index (χ1n) is 7.29. The summed E-state index contributed by atoms with van der Waals surface area (Å²) in [6, 6.07) is 0.682. The Morgan fingerprint density at radius 2 is 1.81 bits per heavy atom. The summed E-state index contributed by atoms with van der Waals surface area (Å²) in [6.45, 7) is 3.85. The van der Waals surface area contributed by atoms with Gasteiger partial charge < -0.3 is 10.1 Å². The second-order valence-corrected chi connectivity index (χ2v) is 6.57. The predicted octanol–water partition coefficient (Wildman–Crippen LogP) is 2.03. The highest BCUT2D eigenvalue weighted by molar-refractivity contribution is 7.99. The molecule has 1 saturated carbocycles. The molecule has 2 rings (SSSR count). The van der Waals surface area contributed by atoms with Crippen LogP contribution in [-0.2, 0) is 0 Å². The average Bonchev–Trinajstić information content (AvgIpc) is 2.47. The Morgan fingerprint density at radius 1 is 1.14 bits per heavy atom. The number of ether oxygens (including phenoxy) is 1. The van der Waals surface area contributed by atoms with E-state index in [2.05, 4.69) is 32.0 Å². The third-order valence-electron chi connectivity index (χ3n) is 3.43. The third kappa shape index (κ3) is 4.89. The van der Waals surface area contributed by atoms with Crippen LogP contribution in [0.3, 0.4) is 0 Å². The number of hydrazine groups is 1. The third-order valence-corrected chi connectivity index (χ3v) is 4.56. The lowest BCUT2D eigenvalue weighted by Crippen LogP contribution is -2.28. The van der Waals surface area contributed by atoms with E-state index in [0.29, 0.717) is 17.9 Å². The van der Waals surface area contributed by atoms with Crippen LogP contribution in [0.5, 0.6) is 6.01 Å². The Bertz CT molecular complexity index is 450. The van der Waals surface area contributed by atoms with Crippen LogP contribution in [0.1, 0.15) is 39.5 Å². The lowest BCUT2D eigenvalue weighted by molar-refractivity contribution is 0.222. The molecule has 1 aromatic rings. The molecule has 0 aromatic carbocycles. The largest absolute Gasteiger partial charge is 0.461 e. The molecular formula is C13H24N6OS. The zero-order chi connectivity index (χ0) is 15.2. The molecule has 1 fully saturated rings. The smallest absolute Gasteiger partial charge is 0.323 e. The van der Waals surface area contributed by atoms with Gasteiger partial charge in [-0.2, -0.15) is 26.7 Å². The van der Waals surface area contributed by atoms with Crippen LogP contribution in [0.4, 0.5) is 11.9 Å². The van der Waals surface area contributed by atoms with E-state index >= 15 is 0 Å². The van der Waals surface area contributed by atoms with Crippen LogP contribution in [0, 0.1) is 0 Å². The Hall–Kier alpha value is -1.28. The van der Waals surface area contributed by atoms with Gasteiger partial charge in [-0.3, -0.25) is 5.43 Å². The summed E-state index contributed by atoms with van der Waals surface area (Å²) in [7, 11) is 0. The van der Waals surface area contributed by atoms with E-state index < -0.39 is 0 Å². The first-order valence-corrected chi connectivity index (χ1v) is 8.58. The highest BCUT2D eigenvalue weighted by atomic mass is 32.2. The summed E-state index contributed by atoms with van der Waals surface area (Å²) < 4.78 is 5.52. The highest BCUT2D eigenvalue weighted by Gasteiger charge is 2.21. The molecular weight excluding hydrogens is 288 g/mol. The first kappa shape index (κ1) is 16.1. The van der Waals surface area contributed by atoms with Crippen molar-refractivity contribution in [1.82, 2.24) is 15.0 Å². The fourth-order valence-electron chi connectivity index (χ4n) is 2.37. The number of aromatic nitrogens is 3. The van der Waals surface area contributed by atoms with Crippen molar-refractivity contribution in [3.8, 4) is 6.01 Å². The molecule has 1 aromatic heterocycles. The minimum Gasteiger partial charge on any atom is -0.461 e. The van der Waals surface area contributed by atoms with Gasteiger partial charge in [0.1, 0.15) is 0 Å². The molecule has 0 aliphatic heterocycles. The maximum Gasteiger partial charge on any atom is 0.323 e. The van der Waals surface area contributed by atoms with E-state index in [-0.39, 0.29) is 12.1 Å². The van der Waals surface area contributed by atoms with E-state index in [1.165, 1.54) is 12.8 Å². The molecule has 7 nitrogen and oxygen atoms in total. The van der Waals surface area contributed by atoms with Crippen LogP contribution in [0.2, 0.25) is 0 Å². The van der Waals surface area contributed by atoms with E-state index in [9.17, 15) is 0 Å². The minimum absolute atomic E-state index is 0.00268. The quantitative estimate of drug-likeness (QED) is 0.542. The summed E-state index contributed by atoms with van der Waals surface area (Å²) >= 11 is 1.95. The number of nitrogens with two attached hydrogens (primary N) is 1. The molecule has 0 atom stereocenters. The summed E-state index contributed by atoms with van der Waals surface area (Å²) in [5.74, 6) is 6.22. The normalized spacial score (nSPS) is 22.1. The number of nitrogen functional groups attached to an aromatic ring is 1. The fourth-order valence-corrected chi connectivity index (χ4v) is 3.12. The minimum atomic E-state index is 0.00268. The molecule has 1 aliphatic carbocycles. The summed E-state index contributed by atoms with van der Waals surface area (Å²) in [5, 5.41) is 4.15. The van der Waals surface area contributed by atoms with Gasteiger partial charge >= 0.3 is 6.01 Å². The molecule has 8 heteroatoms. The van der Waals surface area contributed by atoms with Crippen molar-refractivity contribution in [2.75, 3.05) is 17.0 Å². The molecule has 0 amide bonds. The van der Waals surface area contributed by atoms with Gasteiger partial charge in [0.05, 0.1) is 6.10 Å². The van der Waals surface area contributed by atoms with Crippen LogP contribution in [0.25, 0.3) is 0 Å². The van der Waals surface area contributed by atoms with Crippen molar-refractivity contribution in [2.45, 2.75) is 56.9 Å². The van der Waals surface area contributed by atoms with Crippen LogP contribution >= 0.6 is 11.8 Å². The van der Waals surface area contributed by atoms with E-state index in [4.69, 9.17) is 10.6 Å². The van der Waals surface area contributed by atoms with Gasteiger partial charge in [-0.25, -0.2) is 5.84 Å². The highest BCUT2D eigenvalue weighted by Crippen LogP contribution is 2.28. The van der Waals surface area contributed by atoms with Crippen molar-refractivity contribution in [3.05, 3.63) is 0 Å². The Balaban J connectivity index is 2.01. The summed E-state index contributed by atoms with van der Waals surface area (Å²) in [5.41, 5.74) is 2.45. The maximum atomic E-state index is 5.52. The van der Waals surface area contributed by atoms with Gasteiger partial charge in [0.15, 0.2) is 0 Å². The average molecular weight is 312 g/mol. The first-order chi connectivity index (χ1) is 10.1. The number of hydrogen-bond acceptors (Lipinski definition) is 8. The van der Waals surface area contributed by atoms with E-state index in [1.54, 1.807) is 0 Å². The molecule has 0 unspecified atom stereocenters. The topological polar surface area (TPSA) is 98.0 Å². The number of rotatable bonds is 6. The van der Waals surface area contributed by atoms with Crippen molar-refractivity contribution in [1.29, 1.82) is 0 Å². The molecule has 1 aliphatic rings. The Labute approximate surface area is 129 Å². The fraction of sp³-hybridized carbons (Fsp3) is 0.769. The Morgan fingerprint density at radius 3 is 2.38 bits per heavy atom. The van der Waals surface area contributed by atoms with Crippen LogP contribution in [0.15, 0.2) is 0 Å². The molecule has 21 heavy (non-hydrogen) atoms. The number of thioether (sulfide) groups is 1. The molecule has 4 N–H and O–H groups in total. The van der Waals surface area contributed by atoms with Gasteiger partial charge in [-0.05, 0) is 45.8 Å². The van der Waals surface area contributed by atoms with Crippen molar-refractivity contribution in [2.24, 2.45) is 5.84 Å². The molecule has 0 saturated heterocycles. The van der Waals surface area contributed by atoms with E-state index in [1.807, 2.05) is 25.6 Å². The summed E-state index contributed by atoms with van der Waals surface area (Å²) in [4.78, 5) is 12.6. The van der Waals surface area contributed by atoms with Crippen LogP contribution in [-0.4, -0.2) is 38.6 Å². The SMILES string of the molecule is CSC1CCC(Nc2nc(NN)nc(OC(C)C)n2)CC1. The lowest BCUT2D eigenvalue weighted by atomic mass is 9.95. The van der Waals surface area contributed by atoms with Gasteiger partial charge in [-0.1, -0.05) is 0 Å². The van der Waals surface area contributed by atoms with Crippen molar-refractivity contribution < 1.29 is 4.74 Å². The van der Waals surface area contributed by atoms with Crippen molar-refractivity contribution in [3.63, 3.8) is 0 Å². The number of nitrogens with zero attached hydrogens (tertiary/aromatic N) is 3. The molecule has 0 bridgehead atoms. The zero-order valence-electron chi connectivity index (χ0n) is 12.8. The molecule has 0 spiro atoms. The zero-order valence-corrected chi connectivity index (χ0v) is 13.6. The lowest BCUT2D eigenvalue weighted by Gasteiger charge is -2.28. The van der Waals surface area contributed by atoms with Crippen molar-refractivity contribution >= 4 is 23.7 Å². The van der Waals surface area contributed by atoms with Crippen LogP contribution < -0.4 is 21.3 Å². The standard InChI is InChI=1S/C13H24N6OS/c1-8(2)20-13-17-11(16-12(18-13)19-14)15-9-4-6-10(21-3)7-5-9/h8-10H,4-7,14H2,1-3H3,(H2,15,16,17,18,19). The van der Waals surface area contributed by atoms with Gasteiger partial charge in [0, 0.05) is 11.3 Å². The number of anilines is 2. The van der Waals surface area contributed by atoms with Gasteiger partial charge in [0.25, 0.3) is 0 Å². The monoisotopic (exact) mass is 312 g/mol. The predicted molar refractivity (Wildman–Crippen MR) is 86.6 cm³/mol. The second-order valence-electron chi connectivity index (χ2n) is 5.43. The molecule has 0 radical (unpaired) electrons. The maximum absolute atomic E-state index is 5.52. The number of hydrogen-bond donors (Lipinski definition) is 3.